The SMILES string of the molecule is Cc1[nH]ncc1CNC(=O)C(N)CC(=O)O. The van der Waals surface area contributed by atoms with E-state index in [2.05, 4.69) is 15.5 Å². The molecule has 0 aliphatic rings. The second-order valence-corrected chi connectivity index (χ2v) is 3.44. The van der Waals surface area contributed by atoms with Gasteiger partial charge in [0.05, 0.1) is 18.7 Å². The van der Waals surface area contributed by atoms with E-state index in [1.165, 1.54) is 0 Å². The largest absolute Gasteiger partial charge is 0.481 e. The molecule has 1 rings (SSSR count). The van der Waals surface area contributed by atoms with Crippen LogP contribution in [0.4, 0.5) is 0 Å². The van der Waals surface area contributed by atoms with E-state index in [0.717, 1.165) is 11.3 Å². The predicted molar refractivity (Wildman–Crippen MR) is 55.4 cm³/mol. The zero-order valence-electron chi connectivity index (χ0n) is 8.86. The number of carbonyl (C=O) groups is 2. The number of hydrogen-bond donors (Lipinski definition) is 4. The molecule has 0 aromatic carbocycles. The van der Waals surface area contributed by atoms with Crippen LogP contribution in [0.2, 0.25) is 0 Å². The van der Waals surface area contributed by atoms with E-state index in [1.807, 2.05) is 6.92 Å². The normalized spacial score (nSPS) is 12.1. The van der Waals surface area contributed by atoms with E-state index in [4.69, 9.17) is 10.8 Å². The van der Waals surface area contributed by atoms with Gasteiger partial charge in [0.2, 0.25) is 5.91 Å². The molecule has 0 saturated carbocycles. The fourth-order valence-electron chi connectivity index (χ4n) is 1.15. The lowest BCUT2D eigenvalue weighted by Gasteiger charge is -2.09. The van der Waals surface area contributed by atoms with Crippen LogP contribution in [0, 0.1) is 6.92 Å². The molecular formula is C9H14N4O3. The number of H-pyrrole nitrogens is 1. The van der Waals surface area contributed by atoms with Crippen molar-refractivity contribution in [3.8, 4) is 0 Å². The summed E-state index contributed by atoms with van der Waals surface area (Å²) in [6, 6.07) is -1.02. The molecule has 1 unspecified atom stereocenters. The van der Waals surface area contributed by atoms with Gasteiger partial charge in [-0.15, -0.1) is 0 Å². The Kier molecular flexibility index (Phi) is 4.01. The number of carboxylic acids is 1. The van der Waals surface area contributed by atoms with Crippen molar-refractivity contribution >= 4 is 11.9 Å². The number of aryl methyl sites for hydroxylation is 1. The van der Waals surface area contributed by atoms with E-state index in [1.54, 1.807) is 6.20 Å². The fourth-order valence-corrected chi connectivity index (χ4v) is 1.15. The Morgan fingerprint density at radius 1 is 1.69 bits per heavy atom. The molecule has 1 aromatic rings. The summed E-state index contributed by atoms with van der Waals surface area (Å²) in [6.07, 6.45) is 1.22. The molecule has 1 heterocycles. The van der Waals surface area contributed by atoms with Crippen LogP contribution in [-0.2, 0) is 16.1 Å². The summed E-state index contributed by atoms with van der Waals surface area (Å²) in [5.41, 5.74) is 7.08. The Hall–Kier alpha value is -1.89. The second kappa shape index (κ2) is 5.26. The number of nitrogens with zero attached hydrogens (tertiary/aromatic N) is 1. The summed E-state index contributed by atoms with van der Waals surface area (Å²) in [5, 5.41) is 17.5. The zero-order chi connectivity index (χ0) is 12.1. The molecule has 1 atom stereocenters. The Balaban J connectivity index is 2.41. The number of hydrogen-bond acceptors (Lipinski definition) is 4. The van der Waals surface area contributed by atoms with Gasteiger partial charge >= 0.3 is 5.97 Å². The smallest absolute Gasteiger partial charge is 0.305 e. The van der Waals surface area contributed by atoms with Gasteiger partial charge in [-0.2, -0.15) is 5.10 Å². The van der Waals surface area contributed by atoms with E-state index in [0.29, 0.717) is 0 Å². The first-order chi connectivity index (χ1) is 7.50. The first kappa shape index (κ1) is 12.2. The topological polar surface area (TPSA) is 121 Å². The average Bonchev–Trinajstić information content (AvgIpc) is 2.59. The molecule has 16 heavy (non-hydrogen) atoms. The maximum absolute atomic E-state index is 11.4. The van der Waals surface area contributed by atoms with Crippen LogP contribution >= 0.6 is 0 Å². The summed E-state index contributed by atoms with van der Waals surface area (Å²) in [7, 11) is 0. The van der Waals surface area contributed by atoms with Crippen molar-refractivity contribution in [3.05, 3.63) is 17.5 Å². The third-order valence-electron chi connectivity index (χ3n) is 2.12. The van der Waals surface area contributed by atoms with Crippen LogP contribution in [0.25, 0.3) is 0 Å². The third kappa shape index (κ3) is 3.35. The average molecular weight is 226 g/mol. The number of amides is 1. The molecule has 0 saturated heterocycles. The second-order valence-electron chi connectivity index (χ2n) is 3.44. The fraction of sp³-hybridized carbons (Fsp3) is 0.444. The van der Waals surface area contributed by atoms with Gasteiger partial charge in [-0.25, -0.2) is 0 Å². The highest BCUT2D eigenvalue weighted by Crippen LogP contribution is 2.01. The minimum Gasteiger partial charge on any atom is -0.481 e. The van der Waals surface area contributed by atoms with Gasteiger partial charge in [0.1, 0.15) is 0 Å². The van der Waals surface area contributed by atoms with Crippen LogP contribution in [0.5, 0.6) is 0 Å². The maximum atomic E-state index is 11.4. The van der Waals surface area contributed by atoms with Crippen molar-refractivity contribution in [2.45, 2.75) is 25.9 Å². The molecular weight excluding hydrogens is 212 g/mol. The highest BCUT2D eigenvalue weighted by atomic mass is 16.4. The predicted octanol–water partition coefficient (Wildman–Crippen LogP) is -0.864. The van der Waals surface area contributed by atoms with Crippen molar-refractivity contribution in [3.63, 3.8) is 0 Å². The lowest BCUT2D eigenvalue weighted by atomic mass is 10.2. The number of aliphatic carboxylic acids is 1. The quantitative estimate of drug-likeness (QED) is 0.520. The number of aromatic amines is 1. The highest BCUT2D eigenvalue weighted by Gasteiger charge is 2.16. The first-order valence-corrected chi connectivity index (χ1v) is 4.74. The van der Waals surface area contributed by atoms with Crippen LogP contribution in [0.1, 0.15) is 17.7 Å². The van der Waals surface area contributed by atoms with E-state index < -0.39 is 17.9 Å². The Labute approximate surface area is 92.0 Å². The van der Waals surface area contributed by atoms with E-state index in [-0.39, 0.29) is 13.0 Å². The van der Waals surface area contributed by atoms with Crippen molar-refractivity contribution in [2.24, 2.45) is 5.73 Å². The van der Waals surface area contributed by atoms with Crippen molar-refractivity contribution in [2.75, 3.05) is 0 Å². The number of rotatable bonds is 5. The Bertz CT molecular complexity index is 388. The summed E-state index contributed by atoms with van der Waals surface area (Å²) < 4.78 is 0. The number of carbonyl (C=O) groups excluding carboxylic acids is 1. The minimum absolute atomic E-state index is 0.286. The van der Waals surface area contributed by atoms with Gasteiger partial charge in [-0.3, -0.25) is 14.7 Å². The van der Waals surface area contributed by atoms with E-state index >= 15 is 0 Å². The highest BCUT2D eigenvalue weighted by molar-refractivity contribution is 5.85. The van der Waals surface area contributed by atoms with Gasteiger partial charge in [0.15, 0.2) is 0 Å². The van der Waals surface area contributed by atoms with Crippen molar-refractivity contribution in [1.82, 2.24) is 15.5 Å². The molecule has 0 radical (unpaired) electrons. The lowest BCUT2D eigenvalue weighted by Crippen LogP contribution is -2.41. The number of nitrogens with one attached hydrogen (secondary N) is 2. The van der Waals surface area contributed by atoms with Crippen LogP contribution in [-0.4, -0.2) is 33.2 Å². The van der Waals surface area contributed by atoms with Gasteiger partial charge in [0, 0.05) is 17.8 Å². The van der Waals surface area contributed by atoms with Crippen LogP contribution in [0.15, 0.2) is 6.20 Å². The van der Waals surface area contributed by atoms with Gasteiger partial charge < -0.3 is 16.2 Å². The number of carboxylic acid groups (broad SMARTS) is 1. The summed E-state index contributed by atoms with van der Waals surface area (Å²) >= 11 is 0. The molecule has 0 aliphatic heterocycles. The molecule has 7 heteroatoms. The summed E-state index contributed by atoms with van der Waals surface area (Å²) in [4.78, 5) is 21.7. The molecule has 0 fully saturated rings. The third-order valence-corrected chi connectivity index (χ3v) is 2.12. The Morgan fingerprint density at radius 3 is 2.88 bits per heavy atom. The maximum Gasteiger partial charge on any atom is 0.305 e. The van der Waals surface area contributed by atoms with Crippen LogP contribution < -0.4 is 11.1 Å². The molecule has 7 nitrogen and oxygen atoms in total. The molecule has 5 N–H and O–H groups in total. The monoisotopic (exact) mass is 226 g/mol. The Morgan fingerprint density at radius 2 is 2.38 bits per heavy atom. The van der Waals surface area contributed by atoms with Crippen molar-refractivity contribution in [1.29, 1.82) is 0 Å². The zero-order valence-corrected chi connectivity index (χ0v) is 8.86. The minimum atomic E-state index is -1.10. The van der Waals surface area contributed by atoms with Gasteiger partial charge in [-0.1, -0.05) is 0 Å². The summed E-state index contributed by atoms with van der Waals surface area (Å²) in [5.74, 6) is -1.58. The van der Waals surface area contributed by atoms with Gasteiger partial charge in [0.25, 0.3) is 0 Å². The number of nitrogens with two attached hydrogens (primary N) is 1. The lowest BCUT2D eigenvalue weighted by molar-refractivity contribution is -0.139. The molecule has 0 bridgehead atoms. The molecule has 88 valence electrons. The molecule has 1 aromatic heterocycles. The van der Waals surface area contributed by atoms with Crippen molar-refractivity contribution < 1.29 is 14.7 Å². The van der Waals surface area contributed by atoms with Gasteiger partial charge in [-0.05, 0) is 6.92 Å². The van der Waals surface area contributed by atoms with Crippen LogP contribution in [0.3, 0.4) is 0 Å². The summed E-state index contributed by atoms with van der Waals surface area (Å²) in [6.45, 7) is 2.11. The number of aromatic nitrogens is 2. The molecule has 0 aliphatic carbocycles. The standard InChI is InChI=1S/C9H14N4O3/c1-5-6(4-12-13-5)3-11-9(16)7(10)2-8(14)15/h4,7H,2-3,10H2,1H3,(H,11,16)(H,12,13)(H,14,15). The first-order valence-electron chi connectivity index (χ1n) is 4.74. The molecule has 1 amide bonds. The van der Waals surface area contributed by atoms with E-state index in [9.17, 15) is 9.59 Å². The molecule has 0 spiro atoms.